The van der Waals surface area contributed by atoms with Gasteiger partial charge in [0, 0.05) is 29.6 Å². The van der Waals surface area contributed by atoms with E-state index in [0.29, 0.717) is 0 Å². The molecule has 1 aromatic rings. The predicted octanol–water partition coefficient (Wildman–Crippen LogP) is 1.80. The van der Waals surface area contributed by atoms with Crippen LogP contribution in [0.4, 0.5) is 0 Å². The Morgan fingerprint density at radius 3 is 3.12 bits per heavy atom. The second kappa shape index (κ2) is 6.42. The largest absolute Gasteiger partial charge is 0.341 e. The van der Waals surface area contributed by atoms with Crippen LogP contribution in [0.1, 0.15) is 11.8 Å². The molecule has 17 heavy (non-hydrogen) atoms. The molecule has 3 nitrogen and oxygen atoms in total. The Morgan fingerprint density at radius 2 is 2.53 bits per heavy atom. The van der Waals surface area contributed by atoms with Crippen LogP contribution in [-0.4, -0.2) is 41.6 Å². The van der Waals surface area contributed by atoms with Crippen LogP contribution in [0, 0.1) is 0 Å². The summed E-state index contributed by atoms with van der Waals surface area (Å²) in [5.41, 5.74) is 0. The molecule has 0 saturated carbocycles. The number of thioether (sulfide) groups is 1. The number of carbonyl (C=O) groups is 1. The molecule has 0 bridgehead atoms. The zero-order valence-electron chi connectivity index (χ0n) is 10.0. The number of carbonyl (C=O) groups excluding carboxylic acids is 1. The van der Waals surface area contributed by atoms with E-state index in [1.807, 2.05) is 4.90 Å². The Kier molecular flexibility index (Phi) is 4.88. The topological polar surface area (TPSA) is 32.3 Å². The number of hydrogen-bond acceptors (Lipinski definition) is 4. The van der Waals surface area contributed by atoms with Gasteiger partial charge < -0.3 is 4.90 Å². The number of thiophene rings is 1. The molecule has 1 N–H and O–H groups in total. The average Bonchev–Trinajstić information content (AvgIpc) is 3.02. The fourth-order valence-corrected chi connectivity index (χ4v) is 3.53. The molecule has 0 aliphatic carbocycles. The number of rotatable bonds is 5. The minimum atomic E-state index is 0.0308. The maximum atomic E-state index is 12.2. The van der Waals surface area contributed by atoms with E-state index in [0.717, 1.165) is 31.1 Å². The van der Waals surface area contributed by atoms with Gasteiger partial charge in [-0.3, -0.25) is 10.1 Å². The lowest BCUT2D eigenvalue weighted by molar-refractivity contribution is -0.132. The van der Waals surface area contributed by atoms with Crippen molar-refractivity contribution in [2.24, 2.45) is 0 Å². The number of hydrogen-bond donors (Lipinski definition) is 1. The lowest BCUT2D eigenvalue weighted by atomic mass is 10.2. The fraction of sp³-hybridized carbons (Fsp3) is 0.583. The van der Waals surface area contributed by atoms with E-state index in [1.54, 1.807) is 23.1 Å². The second-order valence-corrected chi connectivity index (χ2v) is 6.08. The van der Waals surface area contributed by atoms with E-state index >= 15 is 0 Å². The molecule has 0 radical (unpaired) electrons. The van der Waals surface area contributed by atoms with Crippen LogP contribution >= 0.6 is 23.1 Å². The molecule has 0 spiro atoms. The normalized spacial score (nSPS) is 19.5. The molecule has 1 aromatic heterocycles. The van der Waals surface area contributed by atoms with Crippen molar-refractivity contribution in [3.8, 4) is 0 Å². The Labute approximate surface area is 111 Å². The molecule has 1 fully saturated rings. The van der Waals surface area contributed by atoms with Gasteiger partial charge >= 0.3 is 0 Å². The maximum absolute atomic E-state index is 12.2. The summed E-state index contributed by atoms with van der Waals surface area (Å²) in [5, 5.41) is 5.32. The summed E-state index contributed by atoms with van der Waals surface area (Å²) in [5.74, 6) is 2.07. The van der Waals surface area contributed by atoms with Gasteiger partial charge in [-0.2, -0.15) is 0 Å². The van der Waals surface area contributed by atoms with Crippen molar-refractivity contribution in [1.82, 2.24) is 10.2 Å². The van der Waals surface area contributed by atoms with E-state index in [9.17, 15) is 4.79 Å². The molecule has 1 amide bonds. The summed E-state index contributed by atoms with van der Waals surface area (Å²) < 4.78 is 0. The number of likely N-dealkylation sites (N-methyl/N-ethyl adjacent to an activating group) is 1. The summed E-state index contributed by atoms with van der Waals surface area (Å²) in [6.07, 6.45) is 0.969. The van der Waals surface area contributed by atoms with Gasteiger partial charge in [-0.05, 0) is 24.8 Å². The molecular formula is C12H18N2OS2. The van der Waals surface area contributed by atoms with Crippen molar-refractivity contribution in [1.29, 1.82) is 0 Å². The van der Waals surface area contributed by atoms with E-state index in [4.69, 9.17) is 0 Å². The molecule has 1 aliphatic rings. The lowest BCUT2D eigenvalue weighted by Gasteiger charge is -2.23. The van der Waals surface area contributed by atoms with E-state index in [-0.39, 0.29) is 11.9 Å². The molecule has 2 heterocycles. The molecule has 2 rings (SSSR count). The Morgan fingerprint density at radius 1 is 1.65 bits per heavy atom. The quantitative estimate of drug-likeness (QED) is 0.885. The van der Waals surface area contributed by atoms with Gasteiger partial charge in [-0.25, -0.2) is 0 Å². The van der Waals surface area contributed by atoms with Gasteiger partial charge in [-0.15, -0.1) is 23.1 Å². The summed E-state index contributed by atoms with van der Waals surface area (Å²) in [4.78, 5) is 15.5. The highest BCUT2D eigenvalue weighted by atomic mass is 32.2. The first-order valence-electron chi connectivity index (χ1n) is 5.93. The molecule has 0 aromatic carbocycles. The minimum Gasteiger partial charge on any atom is -0.341 e. The molecule has 1 atom stereocenters. The van der Waals surface area contributed by atoms with Gasteiger partial charge in [-0.1, -0.05) is 6.07 Å². The maximum Gasteiger partial charge on any atom is 0.240 e. The van der Waals surface area contributed by atoms with Crippen LogP contribution < -0.4 is 5.32 Å². The molecule has 94 valence electrons. The molecular weight excluding hydrogens is 252 g/mol. The number of nitrogens with zero attached hydrogens (tertiary/aromatic N) is 1. The van der Waals surface area contributed by atoms with Crippen LogP contribution in [0.2, 0.25) is 0 Å². The highest BCUT2D eigenvalue weighted by Gasteiger charge is 2.26. The first-order chi connectivity index (χ1) is 8.31. The monoisotopic (exact) mass is 270 g/mol. The SMILES string of the molecule is CCN(CCc1cccs1)C(=O)[C@H]1CSCN1. The van der Waals surface area contributed by atoms with Gasteiger partial charge in [0.25, 0.3) is 0 Å². The van der Waals surface area contributed by atoms with Crippen molar-refractivity contribution in [3.05, 3.63) is 22.4 Å². The first-order valence-corrected chi connectivity index (χ1v) is 7.97. The van der Waals surface area contributed by atoms with Crippen LogP contribution in [0.5, 0.6) is 0 Å². The molecule has 1 saturated heterocycles. The summed E-state index contributed by atoms with van der Waals surface area (Å²) in [7, 11) is 0. The van der Waals surface area contributed by atoms with E-state index in [2.05, 4.69) is 29.8 Å². The number of nitrogens with one attached hydrogen (secondary N) is 1. The zero-order chi connectivity index (χ0) is 12.1. The highest BCUT2D eigenvalue weighted by molar-refractivity contribution is 7.99. The van der Waals surface area contributed by atoms with Crippen LogP contribution in [0.3, 0.4) is 0 Å². The van der Waals surface area contributed by atoms with Crippen LogP contribution in [-0.2, 0) is 11.2 Å². The smallest absolute Gasteiger partial charge is 0.240 e. The Balaban J connectivity index is 1.85. The Bertz CT molecular complexity index is 347. The third-order valence-corrected chi connectivity index (χ3v) is 4.79. The van der Waals surface area contributed by atoms with Gasteiger partial charge in [0.1, 0.15) is 0 Å². The van der Waals surface area contributed by atoms with Crippen LogP contribution in [0.15, 0.2) is 17.5 Å². The van der Waals surface area contributed by atoms with Crippen molar-refractivity contribution in [3.63, 3.8) is 0 Å². The van der Waals surface area contributed by atoms with Crippen LogP contribution in [0.25, 0.3) is 0 Å². The average molecular weight is 270 g/mol. The Hall–Kier alpha value is -0.520. The first kappa shape index (κ1) is 12.9. The third kappa shape index (κ3) is 3.47. The highest BCUT2D eigenvalue weighted by Crippen LogP contribution is 2.14. The molecule has 1 aliphatic heterocycles. The van der Waals surface area contributed by atoms with Crippen molar-refractivity contribution in [2.45, 2.75) is 19.4 Å². The fourth-order valence-electron chi connectivity index (χ4n) is 1.90. The molecule has 0 unspecified atom stereocenters. The van der Waals surface area contributed by atoms with Crippen molar-refractivity contribution < 1.29 is 4.79 Å². The zero-order valence-corrected chi connectivity index (χ0v) is 11.6. The van der Waals surface area contributed by atoms with Crippen molar-refractivity contribution >= 4 is 29.0 Å². The van der Waals surface area contributed by atoms with Gasteiger partial charge in [0.05, 0.1) is 6.04 Å². The molecule has 5 heteroatoms. The van der Waals surface area contributed by atoms with Crippen molar-refractivity contribution in [2.75, 3.05) is 24.7 Å². The minimum absolute atomic E-state index is 0.0308. The number of amides is 1. The van der Waals surface area contributed by atoms with Gasteiger partial charge in [0.2, 0.25) is 5.91 Å². The summed E-state index contributed by atoms with van der Waals surface area (Å²) in [6.45, 7) is 3.68. The van der Waals surface area contributed by atoms with E-state index in [1.165, 1.54) is 4.88 Å². The third-order valence-electron chi connectivity index (χ3n) is 2.92. The lowest BCUT2D eigenvalue weighted by Crippen LogP contribution is -2.45. The standard InChI is InChI=1S/C12H18N2OS2/c1-2-14(6-5-10-4-3-7-17-10)12(15)11-8-16-9-13-11/h3-4,7,11,13H,2,5-6,8-9H2,1H3/t11-/m1/s1. The van der Waals surface area contributed by atoms with E-state index < -0.39 is 0 Å². The summed E-state index contributed by atoms with van der Waals surface area (Å²) in [6, 6.07) is 4.23. The predicted molar refractivity (Wildman–Crippen MR) is 74.5 cm³/mol. The van der Waals surface area contributed by atoms with Gasteiger partial charge in [0.15, 0.2) is 0 Å². The summed E-state index contributed by atoms with van der Waals surface area (Å²) >= 11 is 3.56. The second-order valence-electron chi connectivity index (χ2n) is 4.02.